The number of benzene rings is 1. The summed E-state index contributed by atoms with van der Waals surface area (Å²) in [5, 5.41) is 17.5. The van der Waals surface area contributed by atoms with Crippen molar-refractivity contribution < 1.29 is 15.0 Å². The zero-order chi connectivity index (χ0) is 10.6. The highest BCUT2D eigenvalue weighted by Gasteiger charge is 2.05. The molecule has 1 rings (SSSR count). The molecule has 4 nitrogen and oxygen atoms in total. The molecular weight excluding hydrogens is 182 g/mol. The number of rotatable bonds is 2. The van der Waals surface area contributed by atoms with E-state index in [1.807, 2.05) is 0 Å². The minimum Gasteiger partial charge on any atom is -0.508 e. The molecule has 0 aliphatic rings. The fourth-order valence-electron chi connectivity index (χ4n) is 0.870. The van der Waals surface area contributed by atoms with E-state index in [9.17, 15) is 4.79 Å². The van der Waals surface area contributed by atoms with Crippen LogP contribution >= 0.6 is 0 Å². The van der Waals surface area contributed by atoms with Crippen LogP contribution in [0.25, 0.3) is 10.9 Å². The first-order valence-electron chi connectivity index (χ1n) is 3.75. The number of phenolic OH excluding ortho intramolecular Hbond substituents is 1. The first kappa shape index (κ1) is 9.81. The second-order valence-corrected chi connectivity index (χ2v) is 2.54. The third-order valence-corrected chi connectivity index (χ3v) is 1.54. The van der Waals surface area contributed by atoms with Gasteiger partial charge in [0.2, 0.25) is 0 Å². The Hall–Kier alpha value is -2.28. The van der Waals surface area contributed by atoms with Crippen LogP contribution < -0.4 is 0 Å². The van der Waals surface area contributed by atoms with Gasteiger partial charge in [0.05, 0.1) is 6.57 Å². The highest BCUT2D eigenvalue weighted by atomic mass is 16.4. The van der Waals surface area contributed by atoms with Gasteiger partial charge in [-0.2, -0.15) is 0 Å². The predicted octanol–water partition coefficient (Wildman–Crippen LogP) is 1.74. The number of carbonyl (C=O) groups is 1. The van der Waals surface area contributed by atoms with Crippen molar-refractivity contribution in [3.05, 3.63) is 46.9 Å². The average Bonchev–Trinajstić information content (AvgIpc) is 2.16. The number of nitrogens with zero attached hydrogens (tertiary/aromatic N) is 1. The van der Waals surface area contributed by atoms with Gasteiger partial charge >= 0.3 is 5.97 Å². The molecular formula is C10H7NO3. The minimum absolute atomic E-state index is 0.0989. The molecule has 70 valence electrons. The highest BCUT2D eigenvalue weighted by Crippen LogP contribution is 2.13. The largest absolute Gasteiger partial charge is 0.508 e. The van der Waals surface area contributed by atoms with E-state index in [4.69, 9.17) is 16.8 Å². The van der Waals surface area contributed by atoms with E-state index < -0.39 is 5.97 Å². The molecule has 0 saturated heterocycles. The standard InChI is InChI=1S/C10H7NO3/c1-11-9(10(13)14)6-7-2-4-8(12)5-3-7/h2-6,12H,(H,13,14)/b9-6+. The summed E-state index contributed by atoms with van der Waals surface area (Å²) in [6, 6.07) is 5.91. The number of hydrogen-bond donors (Lipinski definition) is 2. The number of aromatic hydroxyl groups is 1. The molecule has 0 aliphatic heterocycles. The van der Waals surface area contributed by atoms with Crippen LogP contribution in [0.5, 0.6) is 5.75 Å². The number of aliphatic carboxylic acids is 1. The first-order chi connectivity index (χ1) is 6.63. The van der Waals surface area contributed by atoms with E-state index in [0.29, 0.717) is 5.56 Å². The van der Waals surface area contributed by atoms with Crippen LogP contribution in [0.2, 0.25) is 0 Å². The lowest BCUT2D eigenvalue weighted by Crippen LogP contribution is -1.95. The normalized spacial score (nSPS) is 10.6. The fourth-order valence-corrected chi connectivity index (χ4v) is 0.870. The van der Waals surface area contributed by atoms with Crippen LogP contribution in [0, 0.1) is 6.57 Å². The van der Waals surface area contributed by atoms with E-state index in [2.05, 4.69) is 4.85 Å². The van der Waals surface area contributed by atoms with E-state index in [1.54, 1.807) is 0 Å². The summed E-state index contributed by atoms with van der Waals surface area (Å²) in [4.78, 5) is 13.3. The van der Waals surface area contributed by atoms with Crippen LogP contribution in [0.3, 0.4) is 0 Å². The summed E-state index contributed by atoms with van der Waals surface area (Å²) in [5.41, 5.74) is 0.215. The third kappa shape index (κ3) is 2.35. The van der Waals surface area contributed by atoms with Crippen LogP contribution in [-0.4, -0.2) is 16.2 Å². The summed E-state index contributed by atoms with van der Waals surface area (Å²) in [6.45, 7) is 6.61. The molecule has 0 saturated carbocycles. The van der Waals surface area contributed by atoms with Gasteiger partial charge in [0, 0.05) is 0 Å². The van der Waals surface area contributed by atoms with Crippen molar-refractivity contribution in [2.24, 2.45) is 0 Å². The molecule has 0 fully saturated rings. The zero-order valence-electron chi connectivity index (χ0n) is 7.14. The lowest BCUT2D eigenvalue weighted by molar-refractivity contribution is -0.132. The maximum absolute atomic E-state index is 10.5. The highest BCUT2D eigenvalue weighted by molar-refractivity contribution is 5.94. The molecule has 2 N–H and O–H groups in total. The van der Waals surface area contributed by atoms with E-state index >= 15 is 0 Å². The topological polar surface area (TPSA) is 61.9 Å². The molecule has 4 heteroatoms. The molecule has 0 atom stereocenters. The molecule has 1 aromatic carbocycles. The molecule has 1 aromatic rings. The number of hydrogen-bond acceptors (Lipinski definition) is 2. The Morgan fingerprint density at radius 2 is 1.93 bits per heavy atom. The van der Waals surface area contributed by atoms with Gasteiger partial charge in [0.1, 0.15) is 5.75 Å². The summed E-state index contributed by atoms with van der Waals surface area (Å²) >= 11 is 0. The Balaban J connectivity index is 3.03. The zero-order valence-corrected chi connectivity index (χ0v) is 7.14. The first-order valence-corrected chi connectivity index (χ1v) is 3.75. The van der Waals surface area contributed by atoms with Crippen molar-refractivity contribution >= 4 is 12.0 Å². The van der Waals surface area contributed by atoms with E-state index in [0.717, 1.165) is 0 Å². The van der Waals surface area contributed by atoms with E-state index in [-0.39, 0.29) is 11.4 Å². The summed E-state index contributed by atoms with van der Waals surface area (Å²) in [7, 11) is 0. The van der Waals surface area contributed by atoms with Crippen LogP contribution in [0.4, 0.5) is 0 Å². The van der Waals surface area contributed by atoms with Crippen molar-refractivity contribution in [1.29, 1.82) is 0 Å². The van der Waals surface area contributed by atoms with Gasteiger partial charge in [-0.3, -0.25) is 4.79 Å². The molecule has 0 heterocycles. The Bertz CT molecular complexity index is 412. The number of carboxylic acid groups (broad SMARTS) is 1. The second kappa shape index (κ2) is 4.10. The SMILES string of the molecule is [C-]#[N+]/C(=C/c1ccc(O)cc1)C(=O)O. The molecule has 14 heavy (non-hydrogen) atoms. The maximum atomic E-state index is 10.5. The summed E-state index contributed by atoms with van der Waals surface area (Å²) < 4.78 is 0. The molecule has 0 amide bonds. The van der Waals surface area contributed by atoms with Gasteiger partial charge in [-0.1, -0.05) is 12.1 Å². The Morgan fingerprint density at radius 3 is 2.36 bits per heavy atom. The van der Waals surface area contributed by atoms with Crippen LogP contribution in [0.1, 0.15) is 5.56 Å². The summed E-state index contributed by atoms with van der Waals surface area (Å²) in [6.07, 6.45) is 1.24. The monoisotopic (exact) mass is 189 g/mol. The minimum atomic E-state index is -1.26. The molecule has 0 spiro atoms. The Morgan fingerprint density at radius 1 is 1.36 bits per heavy atom. The molecule has 0 unspecified atom stereocenters. The third-order valence-electron chi connectivity index (χ3n) is 1.54. The lowest BCUT2D eigenvalue weighted by Gasteiger charge is -1.94. The van der Waals surface area contributed by atoms with Crippen molar-refractivity contribution in [2.75, 3.05) is 0 Å². The molecule has 0 bridgehead atoms. The second-order valence-electron chi connectivity index (χ2n) is 2.54. The van der Waals surface area contributed by atoms with E-state index in [1.165, 1.54) is 30.3 Å². The van der Waals surface area contributed by atoms with Gasteiger partial charge in [-0.05, 0) is 23.8 Å². The van der Waals surface area contributed by atoms with Gasteiger partial charge in [0.25, 0.3) is 5.70 Å². The quantitative estimate of drug-likeness (QED) is 0.550. The maximum Gasteiger partial charge on any atom is 0.333 e. The van der Waals surface area contributed by atoms with Crippen molar-refractivity contribution in [1.82, 2.24) is 0 Å². The van der Waals surface area contributed by atoms with Crippen molar-refractivity contribution in [3.8, 4) is 5.75 Å². The van der Waals surface area contributed by atoms with Crippen molar-refractivity contribution in [3.63, 3.8) is 0 Å². The Kier molecular flexibility index (Phi) is 2.87. The predicted molar refractivity (Wildman–Crippen MR) is 50.3 cm³/mol. The fraction of sp³-hybridized carbons (Fsp3) is 0. The van der Waals surface area contributed by atoms with Crippen LogP contribution in [-0.2, 0) is 4.79 Å². The van der Waals surface area contributed by atoms with Crippen molar-refractivity contribution in [2.45, 2.75) is 0 Å². The molecule has 0 aromatic heterocycles. The van der Waals surface area contributed by atoms with Gasteiger partial charge in [-0.15, -0.1) is 0 Å². The number of phenols is 1. The Labute approximate surface area is 80.6 Å². The average molecular weight is 189 g/mol. The smallest absolute Gasteiger partial charge is 0.333 e. The summed E-state index contributed by atoms with van der Waals surface area (Å²) in [5.74, 6) is -1.16. The van der Waals surface area contributed by atoms with Gasteiger partial charge < -0.3 is 10.2 Å². The molecule has 0 aliphatic carbocycles. The van der Waals surface area contributed by atoms with Crippen LogP contribution in [0.15, 0.2) is 30.0 Å². The van der Waals surface area contributed by atoms with Gasteiger partial charge in [0.15, 0.2) is 0 Å². The molecule has 0 radical (unpaired) electrons. The van der Waals surface area contributed by atoms with Gasteiger partial charge in [-0.25, -0.2) is 4.85 Å². The number of carboxylic acids is 1. The lowest BCUT2D eigenvalue weighted by atomic mass is 10.2.